The fourth-order valence-electron chi connectivity index (χ4n) is 6.37. The van der Waals surface area contributed by atoms with Gasteiger partial charge in [0, 0.05) is 48.0 Å². The molecule has 226 valence electrons. The number of amides is 2. The van der Waals surface area contributed by atoms with Gasteiger partial charge < -0.3 is 19.1 Å². The topological polar surface area (TPSA) is 119 Å². The van der Waals surface area contributed by atoms with E-state index in [0.29, 0.717) is 54.4 Å². The van der Waals surface area contributed by atoms with Crippen LogP contribution in [-0.2, 0) is 25.2 Å². The summed E-state index contributed by atoms with van der Waals surface area (Å²) in [5, 5.41) is 0.296. The van der Waals surface area contributed by atoms with Gasteiger partial charge in [0.15, 0.2) is 5.54 Å². The van der Waals surface area contributed by atoms with E-state index in [1.165, 1.54) is 57.9 Å². The number of nitrogens with zero attached hydrogens (tertiary/aromatic N) is 4. The molecule has 0 radical (unpaired) electrons. The van der Waals surface area contributed by atoms with Gasteiger partial charge in [0.05, 0.1) is 33.1 Å². The number of methoxy groups -OCH3 is 3. The maximum atomic E-state index is 15.2. The molecule has 0 saturated carbocycles. The number of pyridine rings is 1. The van der Waals surface area contributed by atoms with Crippen molar-refractivity contribution in [2.75, 3.05) is 45.3 Å². The molecule has 13 heteroatoms. The molecule has 2 atom stereocenters. The van der Waals surface area contributed by atoms with Crippen molar-refractivity contribution in [2.24, 2.45) is 0 Å². The average molecular weight is 627 g/mol. The van der Waals surface area contributed by atoms with Gasteiger partial charge in [-0.15, -0.1) is 0 Å². The molecular weight excluding hydrogens is 596 g/mol. The van der Waals surface area contributed by atoms with E-state index in [4.69, 9.17) is 25.8 Å². The highest BCUT2D eigenvalue weighted by Gasteiger charge is 2.63. The minimum atomic E-state index is -4.58. The molecule has 2 fully saturated rings. The van der Waals surface area contributed by atoms with Gasteiger partial charge in [0.1, 0.15) is 16.4 Å². The van der Waals surface area contributed by atoms with Crippen LogP contribution in [0.4, 0.5) is 5.69 Å². The van der Waals surface area contributed by atoms with Crippen molar-refractivity contribution in [3.8, 4) is 17.4 Å². The van der Waals surface area contributed by atoms with Crippen LogP contribution >= 0.6 is 11.6 Å². The zero-order valence-electron chi connectivity index (χ0n) is 23.9. The minimum Gasteiger partial charge on any atom is -0.497 e. The van der Waals surface area contributed by atoms with E-state index in [1.54, 1.807) is 23.1 Å². The molecule has 11 nitrogen and oxygen atoms in total. The van der Waals surface area contributed by atoms with Crippen molar-refractivity contribution in [3.63, 3.8) is 0 Å². The van der Waals surface area contributed by atoms with Gasteiger partial charge >= 0.3 is 0 Å². The number of hydrogen-bond acceptors (Lipinski definition) is 9. The summed E-state index contributed by atoms with van der Waals surface area (Å²) in [6.07, 6.45) is 3.56. The lowest BCUT2D eigenvalue weighted by Crippen LogP contribution is -2.60. The van der Waals surface area contributed by atoms with Crippen LogP contribution in [0.15, 0.2) is 59.6 Å². The highest BCUT2D eigenvalue weighted by molar-refractivity contribution is 7.93. The van der Waals surface area contributed by atoms with Crippen molar-refractivity contribution in [1.82, 2.24) is 14.8 Å². The summed E-state index contributed by atoms with van der Waals surface area (Å²) in [5.41, 5.74) is -1.06. The van der Waals surface area contributed by atoms with E-state index in [1.807, 2.05) is 4.90 Å². The van der Waals surface area contributed by atoms with Gasteiger partial charge in [-0.1, -0.05) is 11.6 Å². The lowest BCUT2D eigenvalue weighted by Gasteiger charge is -2.43. The first kappa shape index (κ1) is 29.2. The van der Waals surface area contributed by atoms with Gasteiger partial charge in [-0.2, -0.15) is 0 Å². The Morgan fingerprint density at radius 1 is 0.977 bits per heavy atom. The number of ether oxygens (including phenoxy) is 3. The molecule has 0 N–H and O–H groups in total. The number of likely N-dealkylation sites (tertiary alicyclic amines) is 2. The van der Waals surface area contributed by atoms with Crippen LogP contribution in [0.2, 0.25) is 5.02 Å². The van der Waals surface area contributed by atoms with Crippen LogP contribution in [0, 0.1) is 0 Å². The van der Waals surface area contributed by atoms with E-state index in [2.05, 4.69) is 4.98 Å². The molecule has 3 aliphatic rings. The Kier molecular flexibility index (Phi) is 7.47. The third-order valence-electron chi connectivity index (χ3n) is 8.44. The average Bonchev–Trinajstić information content (AvgIpc) is 3.57. The Labute approximate surface area is 254 Å². The molecular formula is C30H31ClN4O7S. The number of rotatable bonds is 8. The van der Waals surface area contributed by atoms with E-state index < -0.39 is 27.5 Å². The van der Waals surface area contributed by atoms with Crippen LogP contribution in [0.5, 0.6) is 17.4 Å². The molecule has 2 amide bonds. The van der Waals surface area contributed by atoms with Crippen LogP contribution in [-0.4, -0.2) is 82.0 Å². The van der Waals surface area contributed by atoms with Gasteiger partial charge in [-0.3, -0.25) is 14.5 Å². The highest BCUT2D eigenvalue weighted by atomic mass is 35.5. The number of aromatic nitrogens is 1. The Hall–Kier alpha value is -3.87. The summed E-state index contributed by atoms with van der Waals surface area (Å²) < 4.78 is 46.2. The van der Waals surface area contributed by atoms with E-state index in [9.17, 15) is 13.2 Å². The molecule has 4 heterocycles. The zero-order chi connectivity index (χ0) is 30.5. The molecule has 2 unspecified atom stereocenters. The molecule has 1 aromatic heterocycles. The third kappa shape index (κ3) is 4.34. The van der Waals surface area contributed by atoms with Gasteiger partial charge in [0.25, 0.3) is 15.9 Å². The van der Waals surface area contributed by atoms with Gasteiger partial charge in [0.2, 0.25) is 11.8 Å². The zero-order valence-corrected chi connectivity index (χ0v) is 25.5. The van der Waals surface area contributed by atoms with Crippen molar-refractivity contribution in [3.05, 3.63) is 70.9 Å². The predicted molar refractivity (Wildman–Crippen MR) is 158 cm³/mol. The molecule has 0 bridgehead atoms. The Bertz CT molecular complexity index is 1710. The molecule has 3 aromatic rings. The molecule has 0 spiro atoms. The molecule has 0 aliphatic carbocycles. The normalized spacial score (nSPS) is 21.9. The van der Waals surface area contributed by atoms with Crippen molar-refractivity contribution in [2.45, 2.75) is 35.7 Å². The maximum absolute atomic E-state index is 15.2. The number of fused-ring (bicyclic) bond motifs is 1. The lowest BCUT2D eigenvalue weighted by atomic mass is 9.81. The third-order valence-corrected chi connectivity index (χ3v) is 10.4. The number of halogens is 1. The number of hydrogen-bond donors (Lipinski definition) is 0. The number of carbonyl (C=O) groups is 2. The smallest absolute Gasteiger partial charge is 0.274 e. The maximum Gasteiger partial charge on any atom is 0.274 e. The molecule has 2 saturated heterocycles. The summed E-state index contributed by atoms with van der Waals surface area (Å²) in [7, 11) is -0.352. The molecule has 43 heavy (non-hydrogen) atoms. The minimum absolute atomic E-state index is 0.00568. The van der Waals surface area contributed by atoms with Crippen LogP contribution in [0.1, 0.15) is 30.4 Å². The van der Waals surface area contributed by atoms with Crippen molar-refractivity contribution in [1.29, 1.82) is 0 Å². The molecule has 2 aromatic carbocycles. The fourth-order valence-corrected chi connectivity index (χ4v) is 8.14. The van der Waals surface area contributed by atoms with Crippen molar-refractivity contribution < 1.29 is 32.2 Å². The number of carbonyl (C=O) groups excluding carboxylic acids is 2. The van der Waals surface area contributed by atoms with Gasteiger partial charge in [-0.25, -0.2) is 17.7 Å². The summed E-state index contributed by atoms with van der Waals surface area (Å²) in [4.78, 5) is 36.7. The Morgan fingerprint density at radius 2 is 1.77 bits per heavy atom. The predicted octanol–water partition coefficient (Wildman–Crippen LogP) is 3.44. The SMILES string of the molecule is COc1ccc(S(=O)(=O)N2C(=O)C(c3cccnc3OC)(N3CCCC3C(=O)N3CCC3)c3cc(Cl)ccc32)c(OC)c1. The second-order valence-corrected chi connectivity index (χ2v) is 12.7. The van der Waals surface area contributed by atoms with E-state index in [-0.39, 0.29) is 28.1 Å². The lowest BCUT2D eigenvalue weighted by molar-refractivity contribution is -0.143. The first-order valence-electron chi connectivity index (χ1n) is 13.9. The number of sulfonamides is 1. The molecule has 3 aliphatic heterocycles. The first-order valence-corrected chi connectivity index (χ1v) is 15.7. The Balaban J connectivity index is 1.63. The van der Waals surface area contributed by atoms with Gasteiger partial charge in [-0.05, 0) is 61.7 Å². The second-order valence-electron chi connectivity index (χ2n) is 10.6. The highest BCUT2D eigenvalue weighted by Crippen LogP contribution is 2.55. The van der Waals surface area contributed by atoms with Crippen LogP contribution in [0.3, 0.4) is 0 Å². The number of benzene rings is 2. The summed E-state index contributed by atoms with van der Waals surface area (Å²) in [5.74, 6) is -0.372. The summed E-state index contributed by atoms with van der Waals surface area (Å²) >= 11 is 6.55. The van der Waals surface area contributed by atoms with E-state index in [0.717, 1.165) is 10.7 Å². The molecule has 6 rings (SSSR count). The standard InChI is InChI=1S/C30H31ClN4O7S/c1-40-20-10-12-26(25(18-20)41-2)43(38,39)35-23-11-9-19(31)17-22(23)30(29(35)37,21-7-4-13-32-27(21)42-3)34-16-5-8-24(34)28(36)33-14-6-15-33/h4,7,9-13,17-18,24H,5-6,8,14-16H2,1-3H3. The monoisotopic (exact) mass is 626 g/mol. The second kappa shape index (κ2) is 11.0. The van der Waals surface area contributed by atoms with Crippen LogP contribution in [0.25, 0.3) is 0 Å². The van der Waals surface area contributed by atoms with Crippen LogP contribution < -0.4 is 18.5 Å². The number of anilines is 1. The Morgan fingerprint density at radius 3 is 2.44 bits per heavy atom. The summed E-state index contributed by atoms with van der Waals surface area (Å²) in [6.45, 7) is 1.63. The largest absolute Gasteiger partial charge is 0.497 e. The quantitative estimate of drug-likeness (QED) is 0.370. The van der Waals surface area contributed by atoms with Crippen molar-refractivity contribution >= 4 is 39.1 Å². The first-order chi connectivity index (χ1) is 20.7. The van der Waals surface area contributed by atoms with E-state index >= 15 is 4.79 Å². The fraction of sp³-hybridized carbons (Fsp3) is 0.367. The summed E-state index contributed by atoms with van der Waals surface area (Å²) in [6, 6.07) is 11.6.